The van der Waals surface area contributed by atoms with Crippen LogP contribution in [-0.4, -0.2) is 45.9 Å². The van der Waals surface area contributed by atoms with Crippen LogP contribution >= 0.6 is 11.8 Å². The zero-order chi connectivity index (χ0) is 22.9. The molecule has 0 aliphatic carbocycles. The lowest BCUT2D eigenvalue weighted by Gasteiger charge is -2.23. The number of nitrogens with one attached hydrogen (secondary N) is 1. The zero-order valence-corrected chi connectivity index (χ0v) is 19.1. The minimum Gasteiger partial charge on any atom is -0.464 e. The van der Waals surface area contributed by atoms with Gasteiger partial charge in [0, 0.05) is 30.2 Å². The third-order valence-electron chi connectivity index (χ3n) is 5.70. The summed E-state index contributed by atoms with van der Waals surface area (Å²) in [4.78, 5) is 32.5. The standard InChI is InChI=1S/C25H23N3O4S/c1-15-5-3-6-17(11-15)23-22(27-16(2)32-23)25(30)28-14-33-13-18(28)12-26-24(29)20-7-4-8-21-19(20)9-10-31-21/h3-11,18H,12-14H2,1-2H3,(H,26,29)/t18-/m1/s1. The second kappa shape index (κ2) is 8.78. The molecule has 0 spiro atoms. The first-order valence-corrected chi connectivity index (χ1v) is 11.8. The summed E-state index contributed by atoms with van der Waals surface area (Å²) < 4.78 is 11.2. The molecular weight excluding hydrogens is 438 g/mol. The highest BCUT2D eigenvalue weighted by Crippen LogP contribution is 2.30. The Kier molecular flexibility index (Phi) is 5.68. The third kappa shape index (κ3) is 4.14. The van der Waals surface area contributed by atoms with Crippen molar-refractivity contribution >= 4 is 34.5 Å². The van der Waals surface area contributed by atoms with Gasteiger partial charge in [-0.2, -0.15) is 0 Å². The van der Waals surface area contributed by atoms with Crippen molar-refractivity contribution in [2.45, 2.75) is 19.9 Å². The number of benzene rings is 2. The number of amides is 2. The minimum absolute atomic E-state index is 0.141. The Hall–Kier alpha value is -3.52. The average molecular weight is 462 g/mol. The maximum absolute atomic E-state index is 13.5. The number of hydrogen-bond acceptors (Lipinski definition) is 6. The van der Waals surface area contributed by atoms with Gasteiger partial charge in [-0.1, -0.05) is 29.8 Å². The molecule has 0 radical (unpaired) electrons. The molecule has 5 rings (SSSR count). The van der Waals surface area contributed by atoms with E-state index in [4.69, 9.17) is 8.83 Å². The van der Waals surface area contributed by atoms with Gasteiger partial charge in [0.1, 0.15) is 5.58 Å². The number of aryl methyl sites for hydroxylation is 2. The van der Waals surface area contributed by atoms with E-state index in [2.05, 4.69) is 10.3 Å². The van der Waals surface area contributed by atoms with Crippen LogP contribution in [0.25, 0.3) is 22.3 Å². The van der Waals surface area contributed by atoms with E-state index >= 15 is 0 Å². The molecule has 168 valence electrons. The van der Waals surface area contributed by atoms with E-state index in [-0.39, 0.29) is 17.9 Å². The number of carbonyl (C=O) groups is 2. The summed E-state index contributed by atoms with van der Waals surface area (Å²) in [6, 6.07) is 14.8. The largest absolute Gasteiger partial charge is 0.464 e. The highest BCUT2D eigenvalue weighted by Gasteiger charge is 2.34. The predicted octanol–water partition coefficient (Wildman–Crippen LogP) is 4.65. The van der Waals surface area contributed by atoms with Crippen molar-refractivity contribution in [1.82, 2.24) is 15.2 Å². The monoisotopic (exact) mass is 461 g/mol. The van der Waals surface area contributed by atoms with Crippen LogP contribution < -0.4 is 5.32 Å². The Bertz CT molecular complexity index is 1340. The topological polar surface area (TPSA) is 88.6 Å². The van der Waals surface area contributed by atoms with Crippen molar-refractivity contribution in [3.8, 4) is 11.3 Å². The molecule has 0 saturated carbocycles. The summed E-state index contributed by atoms with van der Waals surface area (Å²) in [5, 5.41) is 3.75. The lowest BCUT2D eigenvalue weighted by Crippen LogP contribution is -2.44. The minimum atomic E-state index is -0.191. The Labute approximate surface area is 195 Å². The van der Waals surface area contributed by atoms with Gasteiger partial charge in [0.15, 0.2) is 17.3 Å². The van der Waals surface area contributed by atoms with Gasteiger partial charge < -0.3 is 19.1 Å². The van der Waals surface area contributed by atoms with E-state index in [1.807, 2.05) is 37.3 Å². The number of nitrogens with zero attached hydrogens (tertiary/aromatic N) is 2. The van der Waals surface area contributed by atoms with Crippen molar-refractivity contribution in [1.29, 1.82) is 0 Å². The molecule has 4 aromatic rings. The lowest BCUT2D eigenvalue weighted by molar-refractivity contribution is 0.0731. The Morgan fingerprint density at radius 3 is 2.88 bits per heavy atom. The molecule has 1 fully saturated rings. The third-order valence-corrected chi connectivity index (χ3v) is 6.78. The molecule has 1 aliphatic rings. The smallest absolute Gasteiger partial charge is 0.277 e. The Morgan fingerprint density at radius 2 is 2.03 bits per heavy atom. The molecule has 1 atom stereocenters. The van der Waals surface area contributed by atoms with Crippen LogP contribution in [-0.2, 0) is 0 Å². The number of aromatic nitrogens is 1. The number of rotatable bonds is 5. The first-order valence-electron chi connectivity index (χ1n) is 10.7. The van der Waals surface area contributed by atoms with Crippen LogP contribution in [0.15, 0.2) is 63.6 Å². The lowest BCUT2D eigenvalue weighted by atomic mass is 10.1. The molecule has 1 N–H and O–H groups in total. The number of carbonyl (C=O) groups excluding carboxylic acids is 2. The normalized spacial score (nSPS) is 15.8. The molecule has 7 nitrogen and oxygen atoms in total. The van der Waals surface area contributed by atoms with E-state index < -0.39 is 0 Å². The summed E-state index contributed by atoms with van der Waals surface area (Å²) in [5.41, 5.74) is 3.42. The number of hydrogen-bond donors (Lipinski definition) is 1. The molecule has 33 heavy (non-hydrogen) atoms. The van der Waals surface area contributed by atoms with Crippen molar-refractivity contribution in [3.63, 3.8) is 0 Å². The van der Waals surface area contributed by atoms with Crippen molar-refractivity contribution in [2.75, 3.05) is 18.2 Å². The first kappa shape index (κ1) is 21.3. The fourth-order valence-corrected chi connectivity index (χ4v) is 5.26. The van der Waals surface area contributed by atoms with E-state index in [0.29, 0.717) is 40.9 Å². The molecule has 0 unspecified atom stereocenters. The first-order chi connectivity index (χ1) is 16.0. The quantitative estimate of drug-likeness (QED) is 0.465. The summed E-state index contributed by atoms with van der Waals surface area (Å²) in [7, 11) is 0. The van der Waals surface area contributed by atoms with Crippen molar-refractivity contribution in [3.05, 3.63) is 77.5 Å². The summed E-state index contributed by atoms with van der Waals surface area (Å²) in [6.07, 6.45) is 1.57. The summed E-state index contributed by atoms with van der Waals surface area (Å²) >= 11 is 1.66. The van der Waals surface area contributed by atoms with Crippen LogP contribution in [0.3, 0.4) is 0 Å². The highest BCUT2D eigenvalue weighted by atomic mass is 32.2. The van der Waals surface area contributed by atoms with E-state index in [0.717, 1.165) is 22.3 Å². The maximum atomic E-state index is 13.5. The second-order valence-electron chi connectivity index (χ2n) is 8.06. The fourth-order valence-electron chi connectivity index (χ4n) is 4.06. The average Bonchev–Trinajstić information content (AvgIpc) is 3.55. The van der Waals surface area contributed by atoms with Gasteiger partial charge >= 0.3 is 0 Å². The van der Waals surface area contributed by atoms with Gasteiger partial charge in [-0.3, -0.25) is 9.59 Å². The fraction of sp³-hybridized carbons (Fsp3) is 0.240. The molecule has 2 amide bonds. The zero-order valence-electron chi connectivity index (χ0n) is 18.3. The molecule has 2 aromatic carbocycles. The number of fused-ring (bicyclic) bond motifs is 1. The van der Waals surface area contributed by atoms with E-state index in [1.165, 1.54) is 0 Å². The summed E-state index contributed by atoms with van der Waals surface area (Å²) in [6.45, 7) is 4.08. The number of thioether (sulfide) groups is 1. The van der Waals surface area contributed by atoms with Gasteiger partial charge in [-0.05, 0) is 31.2 Å². The van der Waals surface area contributed by atoms with Crippen LogP contribution in [0.5, 0.6) is 0 Å². The number of oxazole rings is 1. The predicted molar refractivity (Wildman–Crippen MR) is 127 cm³/mol. The van der Waals surface area contributed by atoms with Gasteiger partial charge in [0.25, 0.3) is 11.8 Å². The molecule has 0 bridgehead atoms. The van der Waals surface area contributed by atoms with Gasteiger partial charge in [0.05, 0.1) is 23.7 Å². The molecule has 1 aliphatic heterocycles. The van der Waals surface area contributed by atoms with Gasteiger partial charge in [-0.15, -0.1) is 11.8 Å². The maximum Gasteiger partial charge on any atom is 0.277 e. The highest BCUT2D eigenvalue weighted by molar-refractivity contribution is 7.99. The van der Waals surface area contributed by atoms with Crippen LogP contribution in [0.4, 0.5) is 0 Å². The van der Waals surface area contributed by atoms with Crippen molar-refractivity contribution < 1.29 is 18.4 Å². The SMILES string of the molecule is Cc1cccc(-c2oc(C)nc2C(=O)N2CSC[C@H]2CNC(=O)c2cccc3occc23)c1. The van der Waals surface area contributed by atoms with Crippen LogP contribution in [0.1, 0.15) is 32.3 Å². The molecule has 3 heterocycles. The second-order valence-corrected chi connectivity index (χ2v) is 9.06. The van der Waals surface area contributed by atoms with Crippen molar-refractivity contribution in [2.24, 2.45) is 0 Å². The Balaban J connectivity index is 1.34. The van der Waals surface area contributed by atoms with Gasteiger partial charge in [0.2, 0.25) is 0 Å². The van der Waals surface area contributed by atoms with E-state index in [1.54, 1.807) is 48.0 Å². The van der Waals surface area contributed by atoms with Crippen LogP contribution in [0, 0.1) is 13.8 Å². The summed E-state index contributed by atoms with van der Waals surface area (Å²) in [5.74, 6) is 1.81. The van der Waals surface area contributed by atoms with Gasteiger partial charge in [-0.25, -0.2) is 4.98 Å². The van der Waals surface area contributed by atoms with Crippen LogP contribution in [0.2, 0.25) is 0 Å². The Morgan fingerprint density at radius 1 is 1.18 bits per heavy atom. The number of furan rings is 1. The molecule has 8 heteroatoms. The molecule has 2 aromatic heterocycles. The molecular formula is C25H23N3O4S. The molecule has 1 saturated heterocycles. The van der Waals surface area contributed by atoms with E-state index in [9.17, 15) is 9.59 Å².